The first-order valence-electron chi connectivity index (χ1n) is 12.9. The zero-order chi connectivity index (χ0) is 23.6. The van der Waals surface area contributed by atoms with Crippen molar-refractivity contribution in [2.75, 3.05) is 13.1 Å². The molecular formula is C28H31N5O2. The average Bonchev–Trinajstić information content (AvgIpc) is 3.60. The molecule has 7 rings (SSSR count). The summed E-state index contributed by atoms with van der Waals surface area (Å²) in [5.74, 6) is 0.932. The maximum absolute atomic E-state index is 13.6. The molecule has 1 spiro atoms. The summed E-state index contributed by atoms with van der Waals surface area (Å²) in [5, 5.41) is 19.1. The van der Waals surface area contributed by atoms with E-state index in [1.807, 2.05) is 21.7 Å². The number of aliphatic hydroxyl groups is 1. The topological polar surface area (TPSA) is 83.3 Å². The number of β-amino-alcohol motifs (C(OH)–C–C–N with tert-alkyl or cyclic N) is 1. The van der Waals surface area contributed by atoms with Crippen LogP contribution in [0.1, 0.15) is 65.2 Å². The summed E-state index contributed by atoms with van der Waals surface area (Å²) in [4.78, 5) is 20.1. The van der Waals surface area contributed by atoms with Crippen LogP contribution in [0.3, 0.4) is 0 Å². The lowest BCUT2D eigenvalue weighted by molar-refractivity contribution is 0.0339. The molecule has 2 aliphatic heterocycles. The van der Waals surface area contributed by atoms with Crippen LogP contribution in [0.2, 0.25) is 0 Å². The second-order valence-electron chi connectivity index (χ2n) is 10.9. The summed E-state index contributed by atoms with van der Waals surface area (Å²) < 4.78 is 2.04. The third kappa shape index (κ3) is 3.52. The van der Waals surface area contributed by atoms with Crippen molar-refractivity contribution in [1.29, 1.82) is 0 Å². The normalized spacial score (nSPS) is 23.5. The molecule has 2 fully saturated rings. The summed E-state index contributed by atoms with van der Waals surface area (Å²) in [6.07, 6.45) is 7.45. The van der Waals surface area contributed by atoms with Gasteiger partial charge in [0.2, 0.25) is 0 Å². The fraction of sp³-hybridized carbons (Fsp3) is 0.464. The van der Waals surface area contributed by atoms with Crippen molar-refractivity contribution >= 4 is 5.91 Å². The van der Waals surface area contributed by atoms with Crippen molar-refractivity contribution in [3.05, 3.63) is 71.0 Å². The Morgan fingerprint density at radius 3 is 2.74 bits per heavy atom. The third-order valence-electron chi connectivity index (χ3n) is 8.62. The summed E-state index contributed by atoms with van der Waals surface area (Å²) >= 11 is 0. The van der Waals surface area contributed by atoms with Crippen LogP contribution in [-0.4, -0.2) is 55.9 Å². The SMILES string of the molecule is O=C1c2ccc(-c3ncnn3C3CC3)cc2C2(CCC2)CN1CC(O)[C@@H]1Cc2ccccc2CN1. The van der Waals surface area contributed by atoms with Crippen molar-refractivity contribution in [2.45, 2.75) is 68.7 Å². The molecule has 2 aromatic carbocycles. The van der Waals surface area contributed by atoms with Gasteiger partial charge in [0.15, 0.2) is 5.82 Å². The van der Waals surface area contributed by atoms with Gasteiger partial charge in [-0.2, -0.15) is 5.10 Å². The van der Waals surface area contributed by atoms with Crippen LogP contribution in [-0.2, 0) is 18.4 Å². The molecule has 0 radical (unpaired) electrons. The molecule has 2 N–H and O–H groups in total. The molecular weight excluding hydrogens is 438 g/mol. The highest BCUT2D eigenvalue weighted by Crippen LogP contribution is 2.49. The maximum Gasteiger partial charge on any atom is 0.254 e. The molecule has 0 saturated heterocycles. The highest BCUT2D eigenvalue weighted by Gasteiger charge is 2.47. The minimum atomic E-state index is -0.609. The van der Waals surface area contributed by atoms with Crippen molar-refractivity contribution in [1.82, 2.24) is 25.0 Å². The lowest BCUT2D eigenvalue weighted by atomic mass is 9.61. The number of carbonyl (C=O) groups excluding carboxylic acids is 1. The zero-order valence-corrected chi connectivity index (χ0v) is 19.9. The van der Waals surface area contributed by atoms with E-state index in [2.05, 4.69) is 45.7 Å². The van der Waals surface area contributed by atoms with Crippen molar-refractivity contribution in [2.24, 2.45) is 0 Å². The highest BCUT2D eigenvalue weighted by molar-refractivity contribution is 5.98. The van der Waals surface area contributed by atoms with Gasteiger partial charge in [-0.25, -0.2) is 9.67 Å². The number of fused-ring (bicyclic) bond motifs is 3. The number of amides is 1. The van der Waals surface area contributed by atoms with Gasteiger partial charge in [0.1, 0.15) is 6.33 Å². The van der Waals surface area contributed by atoms with Gasteiger partial charge in [0.25, 0.3) is 5.91 Å². The van der Waals surface area contributed by atoms with Crippen LogP contribution in [0.4, 0.5) is 0 Å². The van der Waals surface area contributed by atoms with Crippen LogP contribution in [0, 0.1) is 0 Å². The van der Waals surface area contributed by atoms with E-state index in [4.69, 9.17) is 0 Å². The van der Waals surface area contributed by atoms with E-state index in [1.165, 1.54) is 17.5 Å². The minimum absolute atomic E-state index is 0.0179. The Balaban J connectivity index is 1.15. The van der Waals surface area contributed by atoms with E-state index in [1.54, 1.807) is 6.33 Å². The largest absolute Gasteiger partial charge is 0.390 e. The van der Waals surface area contributed by atoms with E-state index in [0.717, 1.165) is 61.2 Å². The molecule has 4 aliphatic rings. The lowest BCUT2D eigenvalue weighted by Crippen LogP contribution is -2.57. The fourth-order valence-corrected chi connectivity index (χ4v) is 6.33. The first kappa shape index (κ1) is 21.3. The van der Waals surface area contributed by atoms with Crippen LogP contribution in [0.5, 0.6) is 0 Å². The number of rotatable bonds is 5. The van der Waals surface area contributed by atoms with Crippen LogP contribution in [0.15, 0.2) is 48.8 Å². The molecule has 1 aromatic heterocycles. The molecule has 1 unspecified atom stereocenters. The van der Waals surface area contributed by atoms with Gasteiger partial charge < -0.3 is 15.3 Å². The van der Waals surface area contributed by atoms with E-state index < -0.39 is 6.10 Å². The van der Waals surface area contributed by atoms with Gasteiger partial charge in [-0.3, -0.25) is 4.79 Å². The molecule has 7 nitrogen and oxygen atoms in total. The molecule has 3 aromatic rings. The van der Waals surface area contributed by atoms with Gasteiger partial charge in [0.05, 0.1) is 12.1 Å². The summed E-state index contributed by atoms with van der Waals surface area (Å²) in [6.45, 7) is 1.79. The molecule has 2 saturated carbocycles. The smallest absolute Gasteiger partial charge is 0.254 e. The minimum Gasteiger partial charge on any atom is -0.390 e. The molecule has 0 bridgehead atoms. The van der Waals surface area contributed by atoms with Crippen LogP contribution in [0.25, 0.3) is 11.4 Å². The number of hydrogen-bond donors (Lipinski definition) is 2. The Bertz CT molecular complexity index is 1290. The predicted molar refractivity (Wildman–Crippen MR) is 132 cm³/mol. The Kier molecular flexibility index (Phi) is 4.86. The quantitative estimate of drug-likeness (QED) is 0.600. The van der Waals surface area contributed by atoms with E-state index in [-0.39, 0.29) is 17.4 Å². The highest BCUT2D eigenvalue weighted by atomic mass is 16.3. The number of aromatic nitrogens is 3. The summed E-state index contributed by atoms with van der Waals surface area (Å²) in [6, 6.07) is 15.0. The molecule has 2 atom stereocenters. The first-order valence-corrected chi connectivity index (χ1v) is 12.9. The maximum atomic E-state index is 13.6. The number of nitrogens with one attached hydrogen (secondary N) is 1. The Morgan fingerprint density at radius 1 is 1.14 bits per heavy atom. The van der Waals surface area contributed by atoms with Crippen molar-refractivity contribution in [3.8, 4) is 11.4 Å². The lowest BCUT2D eigenvalue weighted by Gasteiger charge is -2.50. The van der Waals surface area contributed by atoms with Crippen LogP contribution < -0.4 is 5.32 Å². The van der Waals surface area contributed by atoms with Crippen molar-refractivity contribution < 1.29 is 9.90 Å². The Morgan fingerprint density at radius 2 is 1.97 bits per heavy atom. The third-order valence-corrected chi connectivity index (χ3v) is 8.62. The van der Waals surface area contributed by atoms with E-state index >= 15 is 0 Å². The number of hydrogen-bond acceptors (Lipinski definition) is 5. The standard InChI is InChI=1S/C28H31N5O2/c34-25(24-13-18-4-1-2-5-20(18)14-29-24)15-32-16-28(10-3-11-28)23-12-19(6-9-22(23)27(32)35)26-30-17-31-33(26)21-7-8-21/h1-2,4-6,9,12,17,21,24-25,29,34H,3,7-8,10-11,13-16H2/t24-,25?/m0/s1. The molecule has 35 heavy (non-hydrogen) atoms. The van der Waals surface area contributed by atoms with Gasteiger partial charge in [-0.1, -0.05) is 36.8 Å². The van der Waals surface area contributed by atoms with Gasteiger partial charge in [0, 0.05) is 42.2 Å². The van der Waals surface area contributed by atoms with Gasteiger partial charge >= 0.3 is 0 Å². The Labute approximate surface area is 205 Å². The number of nitrogens with zero attached hydrogens (tertiary/aromatic N) is 4. The summed E-state index contributed by atoms with van der Waals surface area (Å²) in [7, 11) is 0. The predicted octanol–water partition coefficient (Wildman–Crippen LogP) is 3.23. The molecule has 7 heteroatoms. The molecule has 3 heterocycles. The van der Waals surface area contributed by atoms with Crippen molar-refractivity contribution in [3.63, 3.8) is 0 Å². The molecule has 180 valence electrons. The molecule has 2 aliphatic carbocycles. The summed E-state index contributed by atoms with van der Waals surface area (Å²) in [5.41, 5.74) is 5.55. The van der Waals surface area contributed by atoms with Crippen LogP contribution >= 0.6 is 0 Å². The average molecular weight is 470 g/mol. The van der Waals surface area contributed by atoms with Gasteiger partial charge in [-0.05, 0) is 60.9 Å². The number of benzene rings is 2. The van der Waals surface area contributed by atoms with E-state index in [9.17, 15) is 9.90 Å². The zero-order valence-electron chi connectivity index (χ0n) is 19.9. The monoisotopic (exact) mass is 469 g/mol. The number of aliphatic hydroxyl groups excluding tert-OH is 1. The second-order valence-corrected chi connectivity index (χ2v) is 10.9. The second kappa shape index (κ2) is 8.00. The van der Waals surface area contributed by atoms with Gasteiger partial charge in [-0.15, -0.1) is 0 Å². The first-order chi connectivity index (χ1) is 17.1. The Hall–Kier alpha value is -3.03. The van der Waals surface area contributed by atoms with E-state index in [0.29, 0.717) is 19.1 Å². The molecule has 1 amide bonds. The number of carbonyl (C=O) groups is 1. The fourth-order valence-electron chi connectivity index (χ4n) is 6.33.